The van der Waals surface area contributed by atoms with E-state index in [-0.39, 0.29) is 11.5 Å². The monoisotopic (exact) mass is 220 g/mol. The molecule has 0 aromatic heterocycles. The molecule has 4 heteroatoms. The number of rotatable bonds is 0. The standard InChI is InChI=1S/C10H8O2.C2H4O2/c11-8-5-1-3-7-4-2-6-9(12)10(7)8;1-2(3)4/h1-6,11-12H;1H3,(H,3,4). The molecule has 0 unspecified atom stereocenters. The molecule has 0 amide bonds. The van der Waals surface area contributed by atoms with Gasteiger partial charge in [0.2, 0.25) is 0 Å². The Kier molecular flexibility index (Phi) is 3.72. The zero-order valence-corrected chi connectivity index (χ0v) is 8.71. The molecular formula is C12H12O4. The third-order valence-corrected chi connectivity index (χ3v) is 1.86. The first-order valence-electron chi connectivity index (χ1n) is 4.61. The van der Waals surface area contributed by atoms with E-state index in [1.54, 1.807) is 24.3 Å². The number of hydrogen-bond acceptors (Lipinski definition) is 3. The summed E-state index contributed by atoms with van der Waals surface area (Å²) in [6, 6.07) is 10.3. The van der Waals surface area contributed by atoms with Crippen molar-refractivity contribution in [3.8, 4) is 11.5 Å². The van der Waals surface area contributed by atoms with Gasteiger partial charge in [-0.25, -0.2) is 0 Å². The van der Waals surface area contributed by atoms with Gasteiger partial charge in [-0.3, -0.25) is 4.79 Å². The SMILES string of the molecule is CC(=O)O.Oc1cccc2cccc(O)c12. The van der Waals surface area contributed by atoms with Crippen LogP contribution in [0.3, 0.4) is 0 Å². The Morgan fingerprint density at radius 2 is 1.38 bits per heavy atom. The summed E-state index contributed by atoms with van der Waals surface area (Å²) in [5.41, 5.74) is 0. The van der Waals surface area contributed by atoms with Crippen LogP contribution in [0.25, 0.3) is 10.8 Å². The smallest absolute Gasteiger partial charge is 0.300 e. The minimum absolute atomic E-state index is 0.116. The second-order valence-electron chi connectivity index (χ2n) is 3.17. The van der Waals surface area contributed by atoms with Crippen molar-refractivity contribution in [3.63, 3.8) is 0 Å². The van der Waals surface area contributed by atoms with Gasteiger partial charge in [0.15, 0.2) is 0 Å². The molecule has 2 rings (SSSR count). The number of aliphatic carboxylic acids is 1. The lowest BCUT2D eigenvalue weighted by Crippen LogP contribution is -1.78. The number of phenols is 2. The highest BCUT2D eigenvalue weighted by atomic mass is 16.4. The van der Waals surface area contributed by atoms with Gasteiger partial charge in [0.25, 0.3) is 5.97 Å². The normalized spacial score (nSPS) is 9.31. The molecule has 0 fully saturated rings. The molecule has 3 N–H and O–H groups in total. The van der Waals surface area contributed by atoms with E-state index in [2.05, 4.69) is 0 Å². The zero-order valence-electron chi connectivity index (χ0n) is 8.71. The Bertz CT molecular complexity index is 465. The van der Waals surface area contributed by atoms with Crippen LogP contribution in [0, 0.1) is 0 Å². The van der Waals surface area contributed by atoms with Crippen LogP contribution in [0.1, 0.15) is 6.92 Å². The summed E-state index contributed by atoms with van der Waals surface area (Å²) in [5, 5.41) is 27.6. The van der Waals surface area contributed by atoms with Crippen molar-refractivity contribution in [3.05, 3.63) is 36.4 Å². The highest BCUT2D eigenvalue weighted by molar-refractivity contribution is 5.93. The first-order valence-corrected chi connectivity index (χ1v) is 4.61. The lowest BCUT2D eigenvalue weighted by molar-refractivity contribution is -0.134. The number of carboxylic acid groups (broad SMARTS) is 1. The molecule has 0 bridgehead atoms. The second kappa shape index (κ2) is 5.02. The fourth-order valence-corrected chi connectivity index (χ4v) is 1.30. The van der Waals surface area contributed by atoms with Crippen LogP contribution in [0.4, 0.5) is 0 Å². The third kappa shape index (κ3) is 2.88. The van der Waals surface area contributed by atoms with E-state index in [0.29, 0.717) is 5.39 Å². The third-order valence-electron chi connectivity index (χ3n) is 1.86. The highest BCUT2D eigenvalue weighted by Gasteiger charge is 2.02. The fraction of sp³-hybridized carbons (Fsp3) is 0.0833. The summed E-state index contributed by atoms with van der Waals surface area (Å²) in [4.78, 5) is 9.00. The van der Waals surface area contributed by atoms with Crippen molar-refractivity contribution in [1.29, 1.82) is 0 Å². The molecule has 4 nitrogen and oxygen atoms in total. The first-order chi connectivity index (χ1) is 7.52. The van der Waals surface area contributed by atoms with Crippen molar-refractivity contribution in [2.75, 3.05) is 0 Å². The van der Waals surface area contributed by atoms with Crippen molar-refractivity contribution in [2.24, 2.45) is 0 Å². The number of phenolic OH excluding ortho intramolecular Hbond substituents is 2. The van der Waals surface area contributed by atoms with E-state index < -0.39 is 5.97 Å². The molecule has 0 radical (unpaired) electrons. The molecule has 16 heavy (non-hydrogen) atoms. The summed E-state index contributed by atoms with van der Waals surface area (Å²) in [6.45, 7) is 1.08. The average molecular weight is 220 g/mol. The van der Waals surface area contributed by atoms with E-state index in [4.69, 9.17) is 9.90 Å². The second-order valence-corrected chi connectivity index (χ2v) is 3.17. The van der Waals surface area contributed by atoms with Crippen LogP contribution in [0.2, 0.25) is 0 Å². The van der Waals surface area contributed by atoms with Gasteiger partial charge in [-0.15, -0.1) is 0 Å². The summed E-state index contributed by atoms with van der Waals surface area (Å²) < 4.78 is 0. The van der Waals surface area contributed by atoms with Crippen LogP contribution in [-0.4, -0.2) is 21.3 Å². The summed E-state index contributed by atoms with van der Waals surface area (Å²) >= 11 is 0. The molecule has 0 heterocycles. The molecule has 2 aromatic rings. The van der Waals surface area contributed by atoms with Crippen molar-refractivity contribution in [2.45, 2.75) is 6.92 Å². The molecule has 2 aromatic carbocycles. The minimum atomic E-state index is -0.833. The Morgan fingerprint density at radius 1 is 1.00 bits per heavy atom. The average Bonchev–Trinajstić information content (AvgIpc) is 2.17. The molecule has 84 valence electrons. The molecule has 0 spiro atoms. The predicted molar refractivity (Wildman–Crippen MR) is 60.6 cm³/mol. The molecule has 0 aliphatic rings. The Labute approximate surface area is 92.4 Å². The Morgan fingerprint density at radius 3 is 1.69 bits per heavy atom. The summed E-state index contributed by atoms with van der Waals surface area (Å²) in [7, 11) is 0. The van der Waals surface area contributed by atoms with E-state index in [1.165, 1.54) is 0 Å². The van der Waals surface area contributed by atoms with Crippen LogP contribution >= 0.6 is 0 Å². The maximum Gasteiger partial charge on any atom is 0.300 e. The summed E-state index contributed by atoms with van der Waals surface area (Å²) in [6.07, 6.45) is 0. The number of hydrogen-bond donors (Lipinski definition) is 3. The number of aromatic hydroxyl groups is 2. The van der Waals surface area contributed by atoms with Gasteiger partial charge >= 0.3 is 0 Å². The zero-order chi connectivity index (χ0) is 12.1. The van der Waals surface area contributed by atoms with Gasteiger partial charge in [0, 0.05) is 6.92 Å². The molecule has 0 saturated carbocycles. The molecule has 0 saturated heterocycles. The quantitative estimate of drug-likeness (QED) is 0.636. The van der Waals surface area contributed by atoms with E-state index in [9.17, 15) is 10.2 Å². The van der Waals surface area contributed by atoms with Gasteiger partial charge in [-0.1, -0.05) is 24.3 Å². The van der Waals surface area contributed by atoms with Crippen LogP contribution < -0.4 is 0 Å². The van der Waals surface area contributed by atoms with Crippen LogP contribution in [-0.2, 0) is 4.79 Å². The van der Waals surface area contributed by atoms with Gasteiger partial charge in [0.05, 0.1) is 5.39 Å². The van der Waals surface area contributed by atoms with Gasteiger partial charge in [-0.05, 0) is 17.5 Å². The van der Waals surface area contributed by atoms with Gasteiger partial charge in [0.1, 0.15) is 11.5 Å². The molecular weight excluding hydrogens is 208 g/mol. The van der Waals surface area contributed by atoms with Crippen LogP contribution in [0.15, 0.2) is 36.4 Å². The lowest BCUT2D eigenvalue weighted by atomic mass is 10.1. The summed E-state index contributed by atoms with van der Waals surface area (Å²) in [5.74, 6) is -0.601. The fourth-order valence-electron chi connectivity index (χ4n) is 1.30. The lowest BCUT2D eigenvalue weighted by Gasteiger charge is -2.01. The minimum Gasteiger partial charge on any atom is -0.507 e. The maximum absolute atomic E-state index is 9.39. The number of fused-ring (bicyclic) bond motifs is 1. The highest BCUT2D eigenvalue weighted by Crippen LogP contribution is 2.31. The van der Waals surface area contributed by atoms with Crippen molar-refractivity contribution >= 4 is 16.7 Å². The van der Waals surface area contributed by atoms with E-state index in [0.717, 1.165) is 12.3 Å². The number of benzene rings is 2. The van der Waals surface area contributed by atoms with Crippen molar-refractivity contribution in [1.82, 2.24) is 0 Å². The molecule has 0 atom stereocenters. The van der Waals surface area contributed by atoms with E-state index >= 15 is 0 Å². The topological polar surface area (TPSA) is 77.8 Å². The van der Waals surface area contributed by atoms with Crippen molar-refractivity contribution < 1.29 is 20.1 Å². The molecule has 0 aliphatic carbocycles. The maximum atomic E-state index is 9.39. The predicted octanol–water partition coefficient (Wildman–Crippen LogP) is 2.34. The Hall–Kier alpha value is -2.23. The number of carbonyl (C=O) groups is 1. The van der Waals surface area contributed by atoms with Crippen LogP contribution in [0.5, 0.6) is 11.5 Å². The largest absolute Gasteiger partial charge is 0.507 e. The van der Waals surface area contributed by atoms with Gasteiger partial charge < -0.3 is 15.3 Å². The first kappa shape index (κ1) is 11.8. The van der Waals surface area contributed by atoms with E-state index in [1.807, 2.05) is 12.1 Å². The molecule has 0 aliphatic heterocycles. The number of carboxylic acids is 1. The Balaban J connectivity index is 0.000000280. The van der Waals surface area contributed by atoms with Gasteiger partial charge in [-0.2, -0.15) is 0 Å².